The highest BCUT2D eigenvalue weighted by Crippen LogP contribution is 2.29. The van der Waals surface area contributed by atoms with Crippen LogP contribution in [-0.4, -0.2) is 17.5 Å². The lowest BCUT2D eigenvalue weighted by Gasteiger charge is -2.00. The first-order valence-electron chi connectivity index (χ1n) is 7.23. The molecule has 0 aliphatic heterocycles. The average Bonchev–Trinajstić information content (AvgIpc) is 3.10. The lowest BCUT2D eigenvalue weighted by Crippen LogP contribution is -2.07. The first kappa shape index (κ1) is 15.3. The van der Waals surface area contributed by atoms with E-state index in [2.05, 4.69) is 10.3 Å². The maximum atomic E-state index is 11.9. The third kappa shape index (κ3) is 3.78. The molecule has 0 fully saturated rings. The topological polar surface area (TPSA) is 64.4 Å². The molecule has 5 nitrogen and oxygen atoms in total. The van der Waals surface area contributed by atoms with E-state index in [1.807, 2.05) is 44.2 Å². The number of nitrogens with one attached hydrogen (secondary N) is 1. The van der Waals surface area contributed by atoms with Crippen molar-refractivity contribution < 1.29 is 13.9 Å². The number of benzene rings is 1. The zero-order valence-electron chi connectivity index (χ0n) is 12.8. The van der Waals surface area contributed by atoms with E-state index in [4.69, 9.17) is 9.15 Å². The molecule has 6 heteroatoms. The van der Waals surface area contributed by atoms with Gasteiger partial charge in [0.1, 0.15) is 17.3 Å². The second-order valence-electron chi connectivity index (χ2n) is 4.85. The predicted octanol–water partition coefficient (Wildman–Crippen LogP) is 4.25. The zero-order valence-corrected chi connectivity index (χ0v) is 13.6. The minimum Gasteiger partial charge on any atom is -0.494 e. The number of carbonyl (C=O) groups excluding carboxylic acids is 1. The van der Waals surface area contributed by atoms with Gasteiger partial charge in [-0.25, -0.2) is 4.98 Å². The van der Waals surface area contributed by atoms with E-state index in [9.17, 15) is 4.79 Å². The third-order valence-corrected chi connectivity index (χ3v) is 3.99. The molecule has 0 radical (unpaired) electrons. The number of thiazole rings is 1. The lowest BCUT2D eigenvalue weighted by molar-refractivity contribution is -0.111. The van der Waals surface area contributed by atoms with Crippen molar-refractivity contribution in [3.63, 3.8) is 0 Å². The maximum Gasteiger partial charge on any atom is 0.250 e. The van der Waals surface area contributed by atoms with Gasteiger partial charge in [-0.3, -0.25) is 10.1 Å². The molecular weight excluding hydrogens is 312 g/mol. The molecule has 0 bridgehead atoms. The van der Waals surface area contributed by atoms with E-state index in [-0.39, 0.29) is 5.91 Å². The molecule has 23 heavy (non-hydrogen) atoms. The number of hydrogen-bond donors (Lipinski definition) is 1. The van der Waals surface area contributed by atoms with Gasteiger partial charge in [0.15, 0.2) is 5.13 Å². The Morgan fingerprint density at radius 2 is 2.26 bits per heavy atom. The van der Waals surface area contributed by atoms with E-state index < -0.39 is 0 Å². The molecule has 0 saturated heterocycles. The van der Waals surface area contributed by atoms with Crippen molar-refractivity contribution >= 4 is 38.7 Å². The Kier molecular flexibility index (Phi) is 4.43. The Balaban J connectivity index is 1.70. The largest absolute Gasteiger partial charge is 0.494 e. The minimum absolute atomic E-state index is 0.247. The van der Waals surface area contributed by atoms with Crippen LogP contribution >= 0.6 is 11.3 Å². The third-order valence-electron chi connectivity index (χ3n) is 3.06. The van der Waals surface area contributed by atoms with Crippen molar-refractivity contribution in [1.29, 1.82) is 0 Å². The highest BCUT2D eigenvalue weighted by Gasteiger charge is 2.07. The summed E-state index contributed by atoms with van der Waals surface area (Å²) in [5, 5.41) is 3.31. The van der Waals surface area contributed by atoms with Gasteiger partial charge >= 0.3 is 0 Å². The Hall–Kier alpha value is -2.60. The van der Waals surface area contributed by atoms with Gasteiger partial charge in [0, 0.05) is 6.08 Å². The number of aromatic nitrogens is 1. The van der Waals surface area contributed by atoms with Crippen molar-refractivity contribution in [2.45, 2.75) is 13.8 Å². The monoisotopic (exact) mass is 328 g/mol. The summed E-state index contributed by atoms with van der Waals surface area (Å²) in [5.41, 5.74) is 0.833. The molecule has 1 N–H and O–H groups in total. The fourth-order valence-electron chi connectivity index (χ4n) is 2.06. The number of amides is 1. The molecular formula is C17H16N2O3S. The quantitative estimate of drug-likeness (QED) is 0.711. The summed E-state index contributed by atoms with van der Waals surface area (Å²) in [6.45, 7) is 4.41. The van der Waals surface area contributed by atoms with Gasteiger partial charge in [-0.05, 0) is 50.3 Å². The summed E-state index contributed by atoms with van der Waals surface area (Å²) in [5.74, 6) is 2.00. The first-order valence-corrected chi connectivity index (χ1v) is 8.04. The van der Waals surface area contributed by atoms with Crippen LogP contribution in [0, 0.1) is 6.92 Å². The van der Waals surface area contributed by atoms with Crippen molar-refractivity contribution in [3.8, 4) is 5.75 Å². The lowest BCUT2D eigenvalue weighted by atomic mass is 10.3. The van der Waals surface area contributed by atoms with Crippen LogP contribution in [0.3, 0.4) is 0 Å². The summed E-state index contributed by atoms with van der Waals surface area (Å²) in [6.07, 6.45) is 3.05. The molecule has 1 aromatic carbocycles. The van der Waals surface area contributed by atoms with E-state index in [0.717, 1.165) is 21.7 Å². The van der Waals surface area contributed by atoms with E-state index in [1.54, 1.807) is 6.08 Å². The molecule has 3 rings (SSSR count). The van der Waals surface area contributed by atoms with E-state index in [1.165, 1.54) is 17.4 Å². The number of furan rings is 1. The molecule has 0 atom stereocenters. The summed E-state index contributed by atoms with van der Waals surface area (Å²) >= 11 is 1.41. The normalized spacial score (nSPS) is 11.2. The average molecular weight is 328 g/mol. The minimum atomic E-state index is -0.247. The second kappa shape index (κ2) is 6.66. The zero-order chi connectivity index (χ0) is 16.2. The van der Waals surface area contributed by atoms with Gasteiger partial charge in [-0.15, -0.1) is 0 Å². The number of nitrogens with zero attached hydrogens (tertiary/aromatic N) is 1. The van der Waals surface area contributed by atoms with Gasteiger partial charge in [0.25, 0.3) is 0 Å². The van der Waals surface area contributed by atoms with E-state index >= 15 is 0 Å². The first-order chi connectivity index (χ1) is 11.1. The SMILES string of the molecule is CCOc1ccc2nc(NC(=O)/C=C/c3ccc(C)o3)sc2c1. The summed E-state index contributed by atoms with van der Waals surface area (Å²) in [7, 11) is 0. The molecule has 0 unspecified atom stereocenters. The van der Waals surface area contributed by atoms with Gasteiger partial charge in [-0.2, -0.15) is 0 Å². The number of hydrogen-bond acceptors (Lipinski definition) is 5. The van der Waals surface area contributed by atoms with Crippen molar-refractivity contribution in [3.05, 3.63) is 47.9 Å². The van der Waals surface area contributed by atoms with Gasteiger partial charge in [0.05, 0.1) is 16.8 Å². The summed E-state index contributed by atoms with van der Waals surface area (Å²) in [4.78, 5) is 16.3. The second-order valence-corrected chi connectivity index (χ2v) is 5.88. The smallest absolute Gasteiger partial charge is 0.250 e. The van der Waals surface area contributed by atoms with Crippen LogP contribution in [0.1, 0.15) is 18.4 Å². The predicted molar refractivity (Wildman–Crippen MR) is 91.9 cm³/mol. The summed E-state index contributed by atoms with van der Waals surface area (Å²) in [6, 6.07) is 9.34. The fourth-order valence-corrected chi connectivity index (χ4v) is 2.96. The fraction of sp³-hybridized carbons (Fsp3) is 0.176. The molecule has 2 heterocycles. The number of aryl methyl sites for hydroxylation is 1. The number of anilines is 1. The number of rotatable bonds is 5. The highest BCUT2D eigenvalue weighted by atomic mass is 32.1. The Labute approximate surface area is 137 Å². The molecule has 118 valence electrons. The van der Waals surface area contributed by atoms with Crippen LogP contribution in [-0.2, 0) is 4.79 Å². The molecule has 3 aromatic rings. The van der Waals surface area contributed by atoms with Gasteiger partial charge < -0.3 is 9.15 Å². The van der Waals surface area contributed by atoms with Crippen LogP contribution in [0.15, 0.2) is 40.8 Å². The molecule has 2 aromatic heterocycles. The van der Waals surface area contributed by atoms with Crippen LogP contribution in [0.4, 0.5) is 5.13 Å². The van der Waals surface area contributed by atoms with E-state index in [0.29, 0.717) is 17.5 Å². The number of ether oxygens (including phenoxy) is 1. The molecule has 0 aliphatic carbocycles. The number of carbonyl (C=O) groups is 1. The van der Waals surface area contributed by atoms with Crippen LogP contribution in [0.5, 0.6) is 5.75 Å². The molecule has 1 amide bonds. The Morgan fingerprint density at radius 3 is 3.00 bits per heavy atom. The van der Waals surface area contributed by atoms with Crippen LogP contribution in [0.2, 0.25) is 0 Å². The van der Waals surface area contributed by atoms with Crippen molar-refractivity contribution in [1.82, 2.24) is 4.98 Å². The Bertz CT molecular complexity index is 864. The molecule has 0 aliphatic rings. The van der Waals surface area contributed by atoms with Crippen LogP contribution < -0.4 is 10.1 Å². The maximum absolute atomic E-state index is 11.9. The molecule has 0 spiro atoms. The van der Waals surface area contributed by atoms with Crippen molar-refractivity contribution in [2.24, 2.45) is 0 Å². The van der Waals surface area contributed by atoms with Crippen molar-refractivity contribution in [2.75, 3.05) is 11.9 Å². The molecule has 0 saturated carbocycles. The number of fused-ring (bicyclic) bond motifs is 1. The standard InChI is InChI=1S/C17H16N2O3S/c1-3-21-13-6-8-14-15(10-13)23-17(18-14)19-16(20)9-7-12-5-4-11(2)22-12/h4-10H,3H2,1-2H3,(H,18,19,20)/b9-7+. The summed E-state index contributed by atoms with van der Waals surface area (Å²) < 4.78 is 11.8. The Morgan fingerprint density at radius 1 is 1.39 bits per heavy atom. The highest BCUT2D eigenvalue weighted by molar-refractivity contribution is 7.22. The van der Waals surface area contributed by atoms with Crippen LogP contribution in [0.25, 0.3) is 16.3 Å². The van der Waals surface area contributed by atoms with Gasteiger partial charge in [0.2, 0.25) is 5.91 Å². The van der Waals surface area contributed by atoms with Gasteiger partial charge in [-0.1, -0.05) is 11.3 Å².